The van der Waals surface area contributed by atoms with Gasteiger partial charge in [0.1, 0.15) is 0 Å². The molecule has 1 amide bonds. The van der Waals surface area contributed by atoms with Crippen molar-refractivity contribution in [3.8, 4) is 11.5 Å². The Hall–Kier alpha value is -0.980. The van der Waals surface area contributed by atoms with Gasteiger partial charge in [0.05, 0.1) is 19.8 Å². The van der Waals surface area contributed by atoms with Gasteiger partial charge in [-0.1, -0.05) is 0 Å². The molecule has 0 spiro atoms. The number of hydrogen-bond donors (Lipinski definition) is 0. The summed E-state index contributed by atoms with van der Waals surface area (Å²) in [5, 5.41) is 0. The van der Waals surface area contributed by atoms with E-state index in [-0.39, 0.29) is 5.91 Å². The van der Waals surface area contributed by atoms with Crippen LogP contribution in [0, 0.1) is 3.57 Å². The van der Waals surface area contributed by atoms with Crippen molar-refractivity contribution in [1.29, 1.82) is 0 Å². The Bertz CT molecular complexity index is 420. The van der Waals surface area contributed by atoms with Gasteiger partial charge in [-0.05, 0) is 41.6 Å². The highest BCUT2D eigenvalue weighted by molar-refractivity contribution is 14.1. The first kappa shape index (κ1) is 14.1. The topological polar surface area (TPSA) is 38.8 Å². The molecule has 0 aliphatic carbocycles. The van der Waals surface area contributed by atoms with Crippen LogP contribution in [0.15, 0.2) is 12.1 Å². The Kier molecular flexibility index (Phi) is 5.04. The van der Waals surface area contributed by atoms with E-state index in [0.717, 1.165) is 3.57 Å². The third-order valence-electron chi connectivity index (χ3n) is 2.52. The predicted molar refractivity (Wildman–Crippen MR) is 74.9 cm³/mol. The summed E-state index contributed by atoms with van der Waals surface area (Å²) in [7, 11) is 4.91. The zero-order valence-corrected chi connectivity index (χ0v) is 12.6. The molecule has 1 rings (SSSR count). The molecule has 0 radical (unpaired) electrons. The maximum Gasteiger partial charge on any atom is 0.254 e. The van der Waals surface area contributed by atoms with Crippen molar-refractivity contribution in [3.63, 3.8) is 0 Å². The van der Waals surface area contributed by atoms with Gasteiger partial charge in [0.2, 0.25) is 0 Å². The van der Waals surface area contributed by atoms with Gasteiger partial charge in [-0.3, -0.25) is 4.79 Å². The van der Waals surface area contributed by atoms with E-state index < -0.39 is 0 Å². The predicted octanol–water partition coefficient (Wildman–Crippen LogP) is 2.40. The standard InChI is InChI=1S/C12H16INO3/c1-5-14(2)12(15)8-6-10(16-3)11(17-4)7-9(8)13/h6-7H,5H2,1-4H3. The largest absolute Gasteiger partial charge is 0.493 e. The first-order valence-corrected chi connectivity index (χ1v) is 6.30. The van der Waals surface area contributed by atoms with Crippen LogP contribution in [0.4, 0.5) is 0 Å². The molecule has 94 valence electrons. The molecule has 0 aromatic heterocycles. The molecule has 0 saturated carbocycles. The second-order valence-corrected chi connectivity index (χ2v) is 4.67. The van der Waals surface area contributed by atoms with Gasteiger partial charge in [0.25, 0.3) is 5.91 Å². The van der Waals surface area contributed by atoms with E-state index in [1.165, 1.54) is 0 Å². The first-order chi connectivity index (χ1) is 8.04. The summed E-state index contributed by atoms with van der Waals surface area (Å²) < 4.78 is 11.2. The van der Waals surface area contributed by atoms with Gasteiger partial charge < -0.3 is 14.4 Å². The third-order valence-corrected chi connectivity index (χ3v) is 3.42. The number of carbonyl (C=O) groups excluding carboxylic acids is 1. The second kappa shape index (κ2) is 6.09. The molecule has 0 heterocycles. The number of rotatable bonds is 4. The molecule has 17 heavy (non-hydrogen) atoms. The van der Waals surface area contributed by atoms with Crippen molar-refractivity contribution in [2.45, 2.75) is 6.92 Å². The normalized spacial score (nSPS) is 9.94. The Labute approximate surface area is 115 Å². The highest BCUT2D eigenvalue weighted by Crippen LogP contribution is 2.31. The summed E-state index contributed by atoms with van der Waals surface area (Å²) in [6.45, 7) is 2.61. The van der Waals surface area contributed by atoms with Crippen molar-refractivity contribution in [2.24, 2.45) is 0 Å². The summed E-state index contributed by atoms with van der Waals surface area (Å²) in [5.41, 5.74) is 0.632. The fourth-order valence-electron chi connectivity index (χ4n) is 1.37. The molecule has 0 unspecified atom stereocenters. The quantitative estimate of drug-likeness (QED) is 0.784. The molecule has 0 fully saturated rings. The fraction of sp³-hybridized carbons (Fsp3) is 0.417. The lowest BCUT2D eigenvalue weighted by molar-refractivity contribution is 0.0801. The summed E-state index contributed by atoms with van der Waals surface area (Å²) in [6.07, 6.45) is 0. The van der Waals surface area contributed by atoms with Crippen molar-refractivity contribution < 1.29 is 14.3 Å². The number of nitrogens with zero attached hydrogens (tertiary/aromatic N) is 1. The first-order valence-electron chi connectivity index (χ1n) is 5.22. The van der Waals surface area contributed by atoms with E-state index in [1.807, 2.05) is 6.92 Å². The van der Waals surface area contributed by atoms with Gasteiger partial charge in [-0.25, -0.2) is 0 Å². The van der Waals surface area contributed by atoms with E-state index >= 15 is 0 Å². The molecule has 0 saturated heterocycles. The van der Waals surface area contributed by atoms with E-state index in [4.69, 9.17) is 9.47 Å². The molecule has 0 aliphatic rings. The van der Waals surface area contributed by atoms with Crippen LogP contribution in [0.3, 0.4) is 0 Å². The van der Waals surface area contributed by atoms with Crippen molar-refractivity contribution in [2.75, 3.05) is 27.8 Å². The number of hydrogen-bond acceptors (Lipinski definition) is 3. The highest BCUT2D eigenvalue weighted by Gasteiger charge is 2.17. The summed E-state index contributed by atoms with van der Waals surface area (Å²) in [5.74, 6) is 1.19. The molecular weight excluding hydrogens is 333 g/mol. The van der Waals surface area contributed by atoms with E-state index in [1.54, 1.807) is 38.3 Å². The number of methoxy groups -OCH3 is 2. The molecule has 4 nitrogen and oxygen atoms in total. The molecule has 1 aromatic rings. The van der Waals surface area contributed by atoms with Crippen LogP contribution in [-0.4, -0.2) is 38.6 Å². The van der Waals surface area contributed by atoms with Crippen LogP contribution in [-0.2, 0) is 0 Å². The average molecular weight is 349 g/mol. The Balaban J connectivity index is 3.21. The summed E-state index contributed by atoms with van der Waals surface area (Å²) in [4.78, 5) is 13.7. The molecule has 5 heteroatoms. The Morgan fingerprint density at radius 3 is 2.29 bits per heavy atom. The van der Waals surface area contributed by atoms with Gasteiger partial charge >= 0.3 is 0 Å². The van der Waals surface area contributed by atoms with Crippen LogP contribution >= 0.6 is 22.6 Å². The van der Waals surface area contributed by atoms with E-state index in [0.29, 0.717) is 23.6 Å². The van der Waals surface area contributed by atoms with Gasteiger partial charge in [0, 0.05) is 17.2 Å². The maximum absolute atomic E-state index is 12.1. The van der Waals surface area contributed by atoms with Gasteiger partial charge in [0.15, 0.2) is 11.5 Å². The molecule has 0 N–H and O–H groups in total. The minimum Gasteiger partial charge on any atom is -0.493 e. The second-order valence-electron chi connectivity index (χ2n) is 3.51. The molecule has 1 aromatic carbocycles. The number of benzene rings is 1. The van der Waals surface area contributed by atoms with Gasteiger partial charge in [-0.2, -0.15) is 0 Å². The highest BCUT2D eigenvalue weighted by atomic mass is 127. The van der Waals surface area contributed by atoms with E-state index in [9.17, 15) is 4.79 Å². The van der Waals surface area contributed by atoms with Crippen molar-refractivity contribution in [1.82, 2.24) is 4.90 Å². The Morgan fingerprint density at radius 2 is 1.82 bits per heavy atom. The van der Waals surface area contributed by atoms with Crippen LogP contribution in [0.5, 0.6) is 11.5 Å². The molecule has 0 aliphatic heterocycles. The fourth-order valence-corrected chi connectivity index (χ4v) is 2.04. The average Bonchev–Trinajstić information content (AvgIpc) is 2.36. The van der Waals surface area contributed by atoms with E-state index in [2.05, 4.69) is 22.6 Å². The maximum atomic E-state index is 12.1. The van der Waals surface area contributed by atoms with Crippen LogP contribution in [0.25, 0.3) is 0 Å². The molecule has 0 atom stereocenters. The third kappa shape index (κ3) is 3.02. The summed E-state index contributed by atoms with van der Waals surface area (Å²) in [6, 6.07) is 3.52. The lowest BCUT2D eigenvalue weighted by atomic mass is 10.1. The lowest BCUT2D eigenvalue weighted by Crippen LogP contribution is -2.27. The van der Waals surface area contributed by atoms with Gasteiger partial charge in [-0.15, -0.1) is 0 Å². The summed E-state index contributed by atoms with van der Waals surface area (Å²) >= 11 is 2.12. The van der Waals surface area contributed by atoms with Crippen LogP contribution in [0.2, 0.25) is 0 Å². The number of carbonyl (C=O) groups is 1. The zero-order chi connectivity index (χ0) is 13.0. The molecular formula is C12H16INO3. The van der Waals surface area contributed by atoms with Crippen LogP contribution < -0.4 is 9.47 Å². The smallest absolute Gasteiger partial charge is 0.254 e. The number of halogens is 1. The zero-order valence-electron chi connectivity index (χ0n) is 10.4. The number of amides is 1. The monoisotopic (exact) mass is 349 g/mol. The SMILES string of the molecule is CCN(C)C(=O)c1cc(OC)c(OC)cc1I. The molecule has 0 bridgehead atoms. The Morgan fingerprint density at radius 1 is 1.29 bits per heavy atom. The number of ether oxygens (including phenoxy) is 2. The minimum atomic E-state index is -0.0159. The van der Waals surface area contributed by atoms with Crippen LogP contribution in [0.1, 0.15) is 17.3 Å². The lowest BCUT2D eigenvalue weighted by Gasteiger charge is -2.17. The minimum absolute atomic E-state index is 0.0159. The van der Waals surface area contributed by atoms with Crippen molar-refractivity contribution in [3.05, 3.63) is 21.3 Å². The van der Waals surface area contributed by atoms with Crippen molar-refractivity contribution >= 4 is 28.5 Å².